The number of rotatable bonds is 3. The second-order valence-electron chi connectivity index (χ2n) is 3.41. The molecule has 3 nitrogen and oxygen atoms in total. The van der Waals surface area contributed by atoms with E-state index < -0.39 is 11.7 Å². The Morgan fingerprint density at radius 2 is 2.12 bits per heavy atom. The van der Waals surface area contributed by atoms with Crippen LogP contribution in [0.25, 0.3) is 0 Å². The number of furan rings is 1. The minimum absolute atomic E-state index is 0.182. The summed E-state index contributed by atoms with van der Waals surface area (Å²) >= 11 is 0. The molecule has 0 radical (unpaired) electrons. The smallest absolute Gasteiger partial charge is 0.416 e. The summed E-state index contributed by atoms with van der Waals surface area (Å²) in [6, 6.07) is 3.63. The molecule has 0 atom stereocenters. The molecule has 0 aliphatic carbocycles. The summed E-state index contributed by atoms with van der Waals surface area (Å²) < 4.78 is 42.1. The van der Waals surface area contributed by atoms with Crippen molar-refractivity contribution in [2.24, 2.45) is 0 Å². The summed E-state index contributed by atoms with van der Waals surface area (Å²) in [7, 11) is 0. The minimum Gasteiger partial charge on any atom is -0.472 e. The fourth-order valence-electron chi connectivity index (χ4n) is 1.29. The fraction of sp³-hybridized carbons (Fsp3) is 0.182. The van der Waals surface area contributed by atoms with E-state index in [0.717, 1.165) is 23.9 Å². The van der Waals surface area contributed by atoms with Crippen LogP contribution >= 0.6 is 0 Å². The average Bonchev–Trinajstić information content (AvgIpc) is 2.78. The molecular weight excluding hydrogens is 233 g/mol. The van der Waals surface area contributed by atoms with Gasteiger partial charge in [0.15, 0.2) is 0 Å². The number of anilines is 1. The van der Waals surface area contributed by atoms with Crippen molar-refractivity contribution >= 4 is 5.82 Å². The topological polar surface area (TPSA) is 38.1 Å². The van der Waals surface area contributed by atoms with Gasteiger partial charge in [-0.15, -0.1) is 0 Å². The molecule has 90 valence electrons. The zero-order valence-corrected chi connectivity index (χ0v) is 8.66. The third-order valence-electron chi connectivity index (χ3n) is 2.14. The second-order valence-corrected chi connectivity index (χ2v) is 3.41. The molecule has 2 aromatic heterocycles. The van der Waals surface area contributed by atoms with Crippen LogP contribution in [0.4, 0.5) is 19.0 Å². The number of aromatic nitrogens is 1. The highest BCUT2D eigenvalue weighted by atomic mass is 19.4. The Kier molecular flexibility index (Phi) is 3.03. The predicted octanol–water partition coefficient (Wildman–Crippen LogP) is 3.31. The van der Waals surface area contributed by atoms with Gasteiger partial charge >= 0.3 is 6.18 Å². The number of alkyl halides is 3. The standard InChI is InChI=1S/C11H9F3N2O/c12-11(13,14)9-1-3-15-10(5-9)16-6-8-2-4-17-7-8/h1-5,7H,6H2,(H,15,16). The van der Waals surface area contributed by atoms with Crippen LogP contribution in [0.5, 0.6) is 0 Å². The maximum Gasteiger partial charge on any atom is 0.416 e. The van der Waals surface area contributed by atoms with Crippen molar-refractivity contribution in [1.29, 1.82) is 0 Å². The van der Waals surface area contributed by atoms with Crippen LogP contribution in [0.1, 0.15) is 11.1 Å². The Labute approximate surface area is 95.3 Å². The van der Waals surface area contributed by atoms with Gasteiger partial charge < -0.3 is 9.73 Å². The zero-order chi connectivity index (χ0) is 12.3. The highest BCUT2D eigenvalue weighted by Crippen LogP contribution is 2.29. The van der Waals surface area contributed by atoms with Crippen molar-refractivity contribution in [3.63, 3.8) is 0 Å². The summed E-state index contributed by atoms with van der Waals surface area (Å²) in [6.07, 6.45) is -0.216. The van der Waals surface area contributed by atoms with E-state index in [1.807, 2.05) is 0 Å². The molecule has 0 aliphatic heterocycles. The van der Waals surface area contributed by atoms with Crippen LogP contribution in [-0.4, -0.2) is 4.98 Å². The van der Waals surface area contributed by atoms with Gasteiger partial charge in [0.25, 0.3) is 0 Å². The molecule has 0 aromatic carbocycles. The number of pyridine rings is 1. The van der Waals surface area contributed by atoms with Crippen molar-refractivity contribution in [3.8, 4) is 0 Å². The second kappa shape index (κ2) is 4.48. The predicted molar refractivity (Wildman–Crippen MR) is 55.3 cm³/mol. The summed E-state index contributed by atoms with van der Waals surface area (Å²) in [6.45, 7) is 0.366. The Bertz CT molecular complexity index is 480. The summed E-state index contributed by atoms with van der Waals surface area (Å²) in [5.41, 5.74) is 0.117. The minimum atomic E-state index is -4.35. The molecule has 6 heteroatoms. The summed E-state index contributed by atoms with van der Waals surface area (Å²) in [5.74, 6) is 0.182. The molecule has 2 rings (SSSR count). The molecule has 1 N–H and O–H groups in total. The Balaban J connectivity index is 2.07. The maximum absolute atomic E-state index is 12.4. The molecule has 0 fully saturated rings. The third kappa shape index (κ3) is 2.99. The number of nitrogens with one attached hydrogen (secondary N) is 1. The van der Waals surface area contributed by atoms with E-state index in [1.54, 1.807) is 6.07 Å². The molecule has 2 heterocycles. The van der Waals surface area contributed by atoms with Crippen LogP contribution in [0.2, 0.25) is 0 Å². The van der Waals surface area contributed by atoms with E-state index in [4.69, 9.17) is 4.42 Å². The first-order valence-electron chi connectivity index (χ1n) is 4.84. The van der Waals surface area contributed by atoms with Crippen LogP contribution in [0.3, 0.4) is 0 Å². The summed E-state index contributed by atoms with van der Waals surface area (Å²) in [5, 5.41) is 2.79. The van der Waals surface area contributed by atoms with Gasteiger partial charge in [0.1, 0.15) is 5.82 Å². The first-order valence-corrected chi connectivity index (χ1v) is 4.84. The van der Waals surface area contributed by atoms with Crippen LogP contribution in [0.15, 0.2) is 41.3 Å². The van der Waals surface area contributed by atoms with Gasteiger partial charge in [-0.1, -0.05) is 0 Å². The van der Waals surface area contributed by atoms with Crippen LogP contribution < -0.4 is 5.32 Å². The fourth-order valence-corrected chi connectivity index (χ4v) is 1.29. The monoisotopic (exact) mass is 242 g/mol. The first kappa shape index (κ1) is 11.5. The molecule has 0 aliphatic rings. The number of nitrogens with zero attached hydrogens (tertiary/aromatic N) is 1. The molecular formula is C11H9F3N2O. The molecule has 0 spiro atoms. The molecule has 0 amide bonds. The normalized spacial score (nSPS) is 11.5. The molecule has 0 saturated heterocycles. The lowest BCUT2D eigenvalue weighted by Gasteiger charge is -2.08. The van der Waals surface area contributed by atoms with Crippen LogP contribution in [0, 0.1) is 0 Å². The molecule has 0 saturated carbocycles. The van der Waals surface area contributed by atoms with E-state index in [-0.39, 0.29) is 5.82 Å². The SMILES string of the molecule is FC(F)(F)c1ccnc(NCc2ccoc2)c1. The molecule has 2 aromatic rings. The van der Waals surface area contributed by atoms with Crippen molar-refractivity contribution in [2.75, 3.05) is 5.32 Å². The zero-order valence-electron chi connectivity index (χ0n) is 8.66. The van der Waals surface area contributed by atoms with E-state index in [9.17, 15) is 13.2 Å². The third-order valence-corrected chi connectivity index (χ3v) is 2.14. The summed E-state index contributed by atoms with van der Waals surface area (Å²) in [4.78, 5) is 3.81. The lowest BCUT2D eigenvalue weighted by molar-refractivity contribution is -0.137. The van der Waals surface area contributed by atoms with Crippen molar-refractivity contribution < 1.29 is 17.6 Å². The maximum atomic E-state index is 12.4. The van der Waals surface area contributed by atoms with Crippen molar-refractivity contribution in [2.45, 2.75) is 12.7 Å². The van der Waals surface area contributed by atoms with E-state index in [0.29, 0.717) is 6.54 Å². The largest absolute Gasteiger partial charge is 0.472 e. The molecule has 0 unspecified atom stereocenters. The van der Waals surface area contributed by atoms with Gasteiger partial charge in [0.05, 0.1) is 18.1 Å². The lowest BCUT2D eigenvalue weighted by Crippen LogP contribution is -2.07. The van der Waals surface area contributed by atoms with E-state index in [1.165, 1.54) is 12.5 Å². The highest BCUT2D eigenvalue weighted by molar-refractivity contribution is 5.39. The molecule has 0 bridgehead atoms. The quantitative estimate of drug-likeness (QED) is 0.897. The number of hydrogen-bond donors (Lipinski definition) is 1. The van der Waals surface area contributed by atoms with Gasteiger partial charge in [-0.05, 0) is 18.2 Å². The van der Waals surface area contributed by atoms with Crippen molar-refractivity contribution in [1.82, 2.24) is 4.98 Å². The average molecular weight is 242 g/mol. The lowest BCUT2D eigenvalue weighted by atomic mass is 10.2. The Hall–Kier alpha value is -1.98. The highest BCUT2D eigenvalue weighted by Gasteiger charge is 2.30. The van der Waals surface area contributed by atoms with Gasteiger partial charge in [-0.3, -0.25) is 0 Å². The van der Waals surface area contributed by atoms with E-state index in [2.05, 4.69) is 10.3 Å². The molecule has 17 heavy (non-hydrogen) atoms. The van der Waals surface area contributed by atoms with Gasteiger partial charge in [0, 0.05) is 18.3 Å². The Morgan fingerprint density at radius 1 is 1.29 bits per heavy atom. The van der Waals surface area contributed by atoms with Gasteiger partial charge in [-0.2, -0.15) is 13.2 Å². The van der Waals surface area contributed by atoms with Gasteiger partial charge in [0.2, 0.25) is 0 Å². The Morgan fingerprint density at radius 3 is 2.76 bits per heavy atom. The van der Waals surface area contributed by atoms with Crippen LogP contribution in [-0.2, 0) is 12.7 Å². The van der Waals surface area contributed by atoms with E-state index >= 15 is 0 Å². The first-order chi connectivity index (χ1) is 8.05. The van der Waals surface area contributed by atoms with Gasteiger partial charge in [-0.25, -0.2) is 4.98 Å². The number of halogens is 3. The number of hydrogen-bond acceptors (Lipinski definition) is 3. The van der Waals surface area contributed by atoms with Crippen molar-refractivity contribution in [3.05, 3.63) is 48.0 Å².